The van der Waals surface area contributed by atoms with Crippen molar-refractivity contribution < 1.29 is 4.79 Å². The molecule has 0 aliphatic carbocycles. The van der Waals surface area contributed by atoms with E-state index in [1.165, 1.54) is 0 Å². The fourth-order valence-electron chi connectivity index (χ4n) is 2.26. The molecule has 1 amide bonds. The number of carbonyl (C=O) groups excluding carboxylic acids is 1. The summed E-state index contributed by atoms with van der Waals surface area (Å²) < 4.78 is 1.02. The van der Waals surface area contributed by atoms with E-state index in [4.69, 9.17) is 11.6 Å². The number of benzene rings is 1. The number of nitrogens with zero attached hydrogens (tertiary/aromatic N) is 1. The van der Waals surface area contributed by atoms with E-state index in [1.54, 1.807) is 0 Å². The molecule has 104 valence electrons. The topological polar surface area (TPSA) is 32.3 Å². The summed E-state index contributed by atoms with van der Waals surface area (Å²) in [7, 11) is 0. The molecule has 3 nitrogen and oxygen atoms in total. The van der Waals surface area contributed by atoms with E-state index in [-0.39, 0.29) is 11.9 Å². The van der Waals surface area contributed by atoms with Crippen LogP contribution < -0.4 is 5.32 Å². The third-order valence-corrected chi connectivity index (χ3v) is 4.18. The van der Waals surface area contributed by atoms with Crippen LogP contribution in [0.15, 0.2) is 22.7 Å². The maximum Gasteiger partial charge on any atom is 0.222 e. The van der Waals surface area contributed by atoms with E-state index in [9.17, 15) is 4.79 Å². The van der Waals surface area contributed by atoms with Crippen LogP contribution in [0.2, 0.25) is 5.02 Å². The number of nitrogens with one attached hydrogen (secondary N) is 1. The van der Waals surface area contributed by atoms with Gasteiger partial charge < -0.3 is 10.2 Å². The average Bonchev–Trinajstić information content (AvgIpc) is 2.76. The van der Waals surface area contributed by atoms with Gasteiger partial charge in [-0.3, -0.25) is 4.79 Å². The first kappa shape index (κ1) is 14.8. The van der Waals surface area contributed by atoms with Gasteiger partial charge in [-0.05, 0) is 37.1 Å². The third-order valence-electron chi connectivity index (χ3n) is 3.31. The molecule has 2 rings (SSSR count). The van der Waals surface area contributed by atoms with Crippen LogP contribution in [0.1, 0.15) is 25.3 Å². The van der Waals surface area contributed by atoms with Gasteiger partial charge >= 0.3 is 0 Å². The second kappa shape index (κ2) is 6.73. The molecule has 0 spiro atoms. The molecule has 1 N–H and O–H groups in total. The molecule has 0 bridgehead atoms. The monoisotopic (exact) mass is 344 g/mol. The van der Waals surface area contributed by atoms with Crippen molar-refractivity contribution in [3.8, 4) is 0 Å². The smallest absolute Gasteiger partial charge is 0.222 e. The predicted molar refractivity (Wildman–Crippen MR) is 81.3 cm³/mol. The highest BCUT2D eigenvalue weighted by Crippen LogP contribution is 2.21. The summed E-state index contributed by atoms with van der Waals surface area (Å²) in [5.74, 6) is 0.272. The molecule has 0 saturated carbocycles. The molecule has 1 aliphatic heterocycles. The molecule has 1 saturated heterocycles. The van der Waals surface area contributed by atoms with Crippen molar-refractivity contribution in [2.24, 2.45) is 0 Å². The Morgan fingerprint density at radius 3 is 3.00 bits per heavy atom. The Kier molecular flexibility index (Phi) is 5.25. The Bertz CT molecular complexity index is 467. The van der Waals surface area contributed by atoms with Gasteiger partial charge in [0.25, 0.3) is 0 Å². The summed E-state index contributed by atoms with van der Waals surface area (Å²) in [6, 6.07) is 6.09. The lowest BCUT2D eigenvalue weighted by Gasteiger charge is -2.22. The van der Waals surface area contributed by atoms with E-state index in [1.807, 2.05) is 23.1 Å². The molecule has 1 aliphatic rings. The number of halogens is 2. The Morgan fingerprint density at radius 2 is 2.32 bits per heavy atom. The van der Waals surface area contributed by atoms with Crippen LogP contribution in [0.4, 0.5) is 0 Å². The zero-order chi connectivity index (χ0) is 13.8. The Balaban J connectivity index is 1.84. The van der Waals surface area contributed by atoms with Gasteiger partial charge in [-0.15, -0.1) is 0 Å². The Hall–Kier alpha value is -0.580. The second-order valence-corrected chi connectivity index (χ2v) is 6.28. The molecule has 1 atom stereocenters. The van der Waals surface area contributed by atoms with Crippen LogP contribution in [0.5, 0.6) is 0 Å². The van der Waals surface area contributed by atoms with Crippen LogP contribution >= 0.6 is 27.5 Å². The van der Waals surface area contributed by atoms with Gasteiger partial charge in [0.15, 0.2) is 0 Å². The number of rotatable bonds is 5. The van der Waals surface area contributed by atoms with Crippen molar-refractivity contribution in [2.45, 2.75) is 32.4 Å². The maximum atomic E-state index is 11.6. The maximum absolute atomic E-state index is 11.6. The quantitative estimate of drug-likeness (QED) is 0.889. The van der Waals surface area contributed by atoms with Gasteiger partial charge in [0.05, 0.1) is 0 Å². The molecule has 1 heterocycles. The van der Waals surface area contributed by atoms with Crippen LogP contribution in [-0.2, 0) is 11.3 Å². The fraction of sp³-hybridized carbons (Fsp3) is 0.500. The Labute approximate surface area is 127 Å². The standard InChI is InChI=1S/C14H18BrClN2O/c1-10(9-18-6-2-3-14(18)19)17-8-11-7-12(15)4-5-13(11)16/h4-5,7,10,17H,2-3,6,8-9H2,1H3. The minimum absolute atomic E-state index is 0.261. The number of carbonyl (C=O) groups is 1. The van der Waals surface area contributed by atoms with Gasteiger partial charge in [0.2, 0.25) is 5.91 Å². The van der Waals surface area contributed by atoms with Crippen LogP contribution in [0.3, 0.4) is 0 Å². The fourth-order valence-corrected chi connectivity index (χ4v) is 2.85. The summed E-state index contributed by atoms with van der Waals surface area (Å²) in [5.41, 5.74) is 1.07. The van der Waals surface area contributed by atoms with Crippen LogP contribution in [0.25, 0.3) is 0 Å². The van der Waals surface area contributed by atoms with Crippen molar-refractivity contribution in [3.63, 3.8) is 0 Å². The molecule has 1 aromatic carbocycles. The van der Waals surface area contributed by atoms with Gasteiger partial charge in [-0.25, -0.2) is 0 Å². The van der Waals surface area contributed by atoms with Crippen molar-refractivity contribution in [3.05, 3.63) is 33.3 Å². The van der Waals surface area contributed by atoms with Crippen molar-refractivity contribution in [2.75, 3.05) is 13.1 Å². The highest BCUT2D eigenvalue weighted by Gasteiger charge is 2.21. The normalized spacial score (nSPS) is 17.0. The summed E-state index contributed by atoms with van der Waals surface area (Å²) >= 11 is 9.59. The second-order valence-electron chi connectivity index (χ2n) is 4.96. The zero-order valence-electron chi connectivity index (χ0n) is 11.0. The summed E-state index contributed by atoms with van der Waals surface area (Å²) in [6.45, 7) is 4.46. The van der Waals surface area contributed by atoms with Gasteiger partial charge in [-0.2, -0.15) is 0 Å². The van der Waals surface area contributed by atoms with Crippen molar-refractivity contribution in [1.82, 2.24) is 10.2 Å². The van der Waals surface area contributed by atoms with Gasteiger partial charge in [-0.1, -0.05) is 27.5 Å². The first-order valence-corrected chi connectivity index (χ1v) is 7.68. The minimum atomic E-state index is 0.261. The lowest BCUT2D eigenvalue weighted by atomic mass is 10.2. The van der Waals surface area contributed by atoms with Crippen LogP contribution in [-0.4, -0.2) is 29.9 Å². The lowest BCUT2D eigenvalue weighted by molar-refractivity contribution is -0.127. The molecule has 0 radical (unpaired) electrons. The molecule has 1 unspecified atom stereocenters. The van der Waals surface area contributed by atoms with Gasteiger partial charge in [0.1, 0.15) is 0 Å². The summed E-state index contributed by atoms with van der Waals surface area (Å²) in [4.78, 5) is 13.5. The van der Waals surface area contributed by atoms with Crippen molar-refractivity contribution in [1.29, 1.82) is 0 Å². The third kappa shape index (κ3) is 4.20. The summed E-state index contributed by atoms with van der Waals surface area (Å²) in [5, 5.41) is 4.18. The van der Waals surface area contributed by atoms with Crippen molar-refractivity contribution >= 4 is 33.4 Å². The summed E-state index contributed by atoms with van der Waals surface area (Å²) in [6.07, 6.45) is 1.69. The van der Waals surface area contributed by atoms with E-state index in [0.29, 0.717) is 13.0 Å². The Morgan fingerprint density at radius 1 is 1.53 bits per heavy atom. The first-order valence-electron chi connectivity index (χ1n) is 6.51. The van der Waals surface area contributed by atoms with E-state index in [2.05, 4.69) is 28.2 Å². The molecule has 19 heavy (non-hydrogen) atoms. The van der Waals surface area contributed by atoms with Crippen LogP contribution in [0, 0.1) is 0 Å². The number of likely N-dealkylation sites (tertiary alicyclic amines) is 1. The molecular weight excluding hydrogens is 328 g/mol. The predicted octanol–water partition coefficient (Wildman–Crippen LogP) is 3.20. The first-order chi connectivity index (χ1) is 9.06. The average molecular weight is 346 g/mol. The molecule has 5 heteroatoms. The lowest BCUT2D eigenvalue weighted by Crippen LogP contribution is -2.39. The highest BCUT2D eigenvalue weighted by atomic mass is 79.9. The molecule has 1 fully saturated rings. The molecule has 1 aromatic rings. The van der Waals surface area contributed by atoms with E-state index < -0.39 is 0 Å². The van der Waals surface area contributed by atoms with E-state index in [0.717, 1.165) is 34.6 Å². The largest absolute Gasteiger partial charge is 0.341 e. The number of hydrogen-bond donors (Lipinski definition) is 1. The minimum Gasteiger partial charge on any atom is -0.341 e. The van der Waals surface area contributed by atoms with Gasteiger partial charge in [0, 0.05) is 41.6 Å². The molecular formula is C14H18BrClN2O. The number of hydrogen-bond acceptors (Lipinski definition) is 2. The SMILES string of the molecule is CC(CN1CCCC1=O)NCc1cc(Br)ccc1Cl. The highest BCUT2D eigenvalue weighted by molar-refractivity contribution is 9.10. The number of amides is 1. The van der Waals surface area contributed by atoms with E-state index >= 15 is 0 Å². The zero-order valence-corrected chi connectivity index (χ0v) is 13.3. The molecule has 0 aromatic heterocycles.